The summed E-state index contributed by atoms with van der Waals surface area (Å²) in [5.74, 6) is -0.398. The van der Waals surface area contributed by atoms with Crippen LogP contribution in [-0.2, 0) is 5.41 Å². The van der Waals surface area contributed by atoms with E-state index in [0.29, 0.717) is 16.9 Å². The van der Waals surface area contributed by atoms with Crippen molar-refractivity contribution in [2.24, 2.45) is 0 Å². The Bertz CT molecular complexity index is 562. The predicted octanol–water partition coefficient (Wildman–Crippen LogP) is 1.69. The first-order chi connectivity index (χ1) is 6.88. The van der Waals surface area contributed by atoms with Gasteiger partial charge in [0.2, 0.25) is 0 Å². The minimum absolute atomic E-state index is 0.352. The van der Waals surface area contributed by atoms with Gasteiger partial charge in [-0.25, -0.2) is 14.2 Å². The summed E-state index contributed by atoms with van der Waals surface area (Å²) in [5.41, 5.74) is 0.386. The number of hydrogen-bond acceptors (Lipinski definition) is 2. The van der Waals surface area contributed by atoms with Gasteiger partial charge in [0.15, 0.2) is 5.65 Å². The van der Waals surface area contributed by atoms with Gasteiger partial charge in [-0.1, -0.05) is 20.8 Å². The third-order valence-corrected chi connectivity index (χ3v) is 2.17. The van der Waals surface area contributed by atoms with Gasteiger partial charge >= 0.3 is 5.69 Å². The van der Waals surface area contributed by atoms with Gasteiger partial charge < -0.3 is 4.98 Å². The lowest BCUT2D eigenvalue weighted by atomic mass is 9.91. The van der Waals surface area contributed by atoms with Crippen LogP contribution in [0.3, 0.4) is 0 Å². The van der Waals surface area contributed by atoms with E-state index >= 15 is 0 Å². The molecule has 80 valence electrons. The summed E-state index contributed by atoms with van der Waals surface area (Å²) in [4.78, 5) is 20.1. The van der Waals surface area contributed by atoms with Crippen molar-refractivity contribution in [3.8, 4) is 0 Å². The average molecular weight is 209 g/mol. The van der Waals surface area contributed by atoms with E-state index < -0.39 is 5.82 Å². The molecule has 0 bridgehead atoms. The Morgan fingerprint density at radius 2 is 2.00 bits per heavy atom. The van der Waals surface area contributed by atoms with Gasteiger partial charge in [-0.2, -0.15) is 0 Å². The van der Waals surface area contributed by atoms with Gasteiger partial charge in [0.1, 0.15) is 5.82 Å². The van der Waals surface area contributed by atoms with E-state index in [-0.39, 0.29) is 11.1 Å². The van der Waals surface area contributed by atoms with Crippen molar-refractivity contribution < 1.29 is 4.39 Å². The second-order valence-corrected chi connectivity index (χ2v) is 4.54. The fourth-order valence-electron chi connectivity index (χ4n) is 1.47. The molecule has 0 saturated heterocycles. The Labute approximate surface area is 85.5 Å². The van der Waals surface area contributed by atoms with Gasteiger partial charge in [0, 0.05) is 11.5 Å². The highest BCUT2D eigenvalue weighted by Crippen LogP contribution is 2.24. The Hall–Kier alpha value is -1.65. The minimum Gasteiger partial charge on any atom is -0.304 e. The fraction of sp³-hybridized carbons (Fsp3) is 0.400. The normalized spacial score (nSPS) is 12.3. The lowest BCUT2D eigenvalue weighted by Crippen LogP contribution is -2.16. The van der Waals surface area contributed by atoms with E-state index in [1.807, 2.05) is 20.8 Å². The smallest absolute Gasteiger partial charge is 0.304 e. The molecule has 0 aromatic carbocycles. The first-order valence-electron chi connectivity index (χ1n) is 4.67. The number of nitrogens with zero attached hydrogens (tertiary/aromatic N) is 1. The first-order valence-corrected chi connectivity index (χ1v) is 4.67. The Kier molecular flexibility index (Phi) is 1.92. The van der Waals surface area contributed by atoms with E-state index in [2.05, 4.69) is 15.0 Å². The van der Waals surface area contributed by atoms with E-state index in [9.17, 15) is 9.18 Å². The molecule has 0 radical (unpaired) electrons. The second kappa shape index (κ2) is 2.92. The van der Waals surface area contributed by atoms with Gasteiger partial charge in [0.05, 0.1) is 11.2 Å². The largest absolute Gasteiger partial charge is 0.325 e. The molecule has 0 fully saturated rings. The molecule has 0 aliphatic carbocycles. The summed E-state index contributed by atoms with van der Waals surface area (Å²) in [5, 5.41) is 0. The number of aromatic nitrogens is 3. The summed E-state index contributed by atoms with van der Waals surface area (Å²) in [7, 11) is 0. The maximum absolute atomic E-state index is 13.6. The predicted molar refractivity (Wildman–Crippen MR) is 55.4 cm³/mol. The third-order valence-electron chi connectivity index (χ3n) is 2.17. The molecule has 2 heterocycles. The maximum atomic E-state index is 13.6. The van der Waals surface area contributed by atoms with Crippen LogP contribution in [0.1, 0.15) is 26.5 Å². The number of rotatable bonds is 0. The molecular formula is C10H12FN3O. The van der Waals surface area contributed by atoms with Crippen molar-refractivity contribution in [3.05, 3.63) is 28.1 Å². The van der Waals surface area contributed by atoms with E-state index in [4.69, 9.17) is 0 Å². The van der Waals surface area contributed by atoms with Crippen molar-refractivity contribution in [1.29, 1.82) is 0 Å². The molecule has 0 spiro atoms. The molecule has 2 N–H and O–H groups in total. The molecule has 5 heteroatoms. The number of halogens is 1. The molecule has 0 aliphatic heterocycles. The van der Waals surface area contributed by atoms with E-state index in [1.54, 1.807) is 0 Å². The van der Waals surface area contributed by atoms with E-state index in [1.165, 1.54) is 6.07 Å². The van der Waals surface area contributed by atoms with Crippen molar-refractivity contribution in [1.82, 2.24) is 15.0 Å². The van der Waals surface area contributed by atoms with Crippen LogP contribution >= 0.6 is 0 Å². The number of nitrogens with one attached hydrogen (secondary N) is 2. The van der Waals surface area contributed by atoms with Gasteiger partial charge in [-0.15, -0.1) is 0 Å². The lowest BCUT2D eigenvalue weighted by molar-refractivity contribution is 0.506. The number of fused-ring (bicyclic) bond motifs is 1. The zero-order valence-electron chi connectivity index (χ0n) is 8.81. The number of H-pyrrole nitrogens is 2. The Morgan fingerprint density at radius 1 is 1.33 bits per heavy atom. The van der Waals surface area contributed by atoms with Crippen LogP contribution in [0.5, 0.6) is 0 Å². The highest BCUT2D eigenvalue weighted by molar-refractivity contribution is 5.70. The van der Waals surface area contributed by atoms with Crippen LogP contribution in [-0.4, -0.2) is 15.0 Å². The molecule has 4 nitrogen and oxygen atoms in total. The van der Waals surface area contributed by atoms with Crippen LogP contribution in [0.2, 0.25) is 0 Å². The Morgan fingerprint density at radius 3 is 2.60 bits per heavy atom. The van der Waals surface area contributed by atoms with Crippen LogP contribution in [0.4, 0.5) is 4.39 Å². The molecular weight excluding hydrogens is 197 g/mol. The number of hydrogen-bond donors (Lipinski definition) is 2. The highest BCUT2D eigenvalue weighted by Gasteiger charge is 2.21. The minimum atomic E-state index is -0.398. The van der Waals surface area contributed by atoms with Gasteiger partial charge in [-0.05, 0) is 0 Å². The zero-order valence-corrected chi connectivity index (χ0v) is 8.81. The van der Waals surface area contributed by atoms with E-state index in [0.717, 1.165) is 0 Å². The number of pyridine rings is 1. The number of imidazole rings is 1. The SMILES string of the molecule is CC(C)(C)c1nc2[nH]c(=O)[nH]c2cc1F. The van der Waals surface area contributed by atoms with Crippen LogP contribution in [0, 0.1) is 5.82 Å². The summed E-state index contributed by atoms with van der Waals surface area (Å²) < 4.78 is 13.6. The standard InChI is InChI=1S/C10H12FN3O/c1-10(2,3)7-5(11)4-6-8(13-7)14-9(15)12-6/h4H,1-3H3,(H2,12,13,14,15). The summed E-state index contributed by atoms with van der Waals surface area (Å²) in [6, 6.07) is 1.29. The van der Waals surface area contributed by atoms with Crippen molar-refractivity contribution >= 4 is 11.2 Å². The van der Waals surface area contributed by atoms with Crippen molar-refractivity contribution in [2.45, 2.75) is 26.2 Å². The average Bonchev–Trinajstić information content (AvgIpc) is 2.40. The monoisotopic (exact) mass is 209 g/mol. The highest BCUT2D eigenvalue weighted by atomic mass is 19.1. The zero-order chi connectivity index (χ0) is 11.2. The molecule has 0 aliphatic rings. The maximum Gasteiger partial charge on any atom is 0.325 e. The second-order valence-electron chi connectivity index (χ2n) is 4.54. The molecule has 0 unspecified atom stereocenters. The Balaban J connectivity index is 2.77. The topological polar surface area (TPSA) is 61.5 Å². The number of aromatic amines is 2. The molecule has 2 aromatic heterocycles. The fourth-order valence-corrected chi connectivity index (χ4v) is 1.47. The van der Waals surface area contributed by atoms with Crippen LogP contribution in [0.15, 0.2) is 10.9 Å². The third kappa shape index (κ3) is 1.65. The first kappa shape index (κ1) is 9.89. The van der Waals surface area contributed by atoms with Crippen LogP contribution in [0.25, 0.3) is 11.2 Å². The summed E-state index contributed by atoms with van der Waals surface area (Å²) in [6.07, 6.45) is 0. The van der Waals surface area contributed by atoms with Crippen LogP contribution < -0.4 is 5.69 Å². The molecule has 0 amide bonds. The quantitative estimate of drug-likeness (QED) is 0.693. The molecule has 2 rings (SSSR count). The molecule has 0 atom stereocenters. The van der Waals surface area contributed by atoms with Crippen molar-refractivity contribution in [3.63, 3.8) is 0 Å². The molecule has 15 heavy (non-hydrogen) atoms. The molecule has 0 saturated carbocycles. The summed E-state index contributed by atoms with van der Waals surface area (Å²) in [6.45, 7) is 5.61. The van der Waals surface area contributed by atoms with Gasteiger partial charge in [-0.3, -0.25) is 4.98 Å². The lowest BCUT2D eigenvalue weighted by Gasteiger charge is -2.17. The molecule has 2 aromatic rings. The van der Waals surface area contributed by atoms with Gasteiger partial charge in [0.25, 0.3) is 0 Å². The van der Waals surface area contributed by atoms with Crippen molar-refractivity contribution in [2.75, 3.05) is 0 Å². The summed E-state index contributed by atoms with van der Waals surface area (Å²) >= 11 is 0.